The summed E-state index contributed by atoms with van der Waals surface area (Å²) in [5.74, 6) is 3.12. The molecule has 0 fully saturated rings. The molecule has 0 spiro atoms. The molecule has 0 bridgehead atoms. The van der Waals surface area contributed by atoms with Crippen LogP contribution in [0.2, 0.25) is 0 Å². The van der Waals surface area contributed by atoms with Crippen molar-refractivity contribution in [2.75, 3.05) is 6.61 Å². The molecule has 0 N–H and O–H groups in total. The van der Waals surface area contributed by atoms with Crippen molar-refractivity contribution >= 4 is 34.5 Å². The van der Waals surface area contributed by atoms with E-state index in [1.165, 1.54) is 12.1 Å². The molecule has 0 aromatic heterocycles. The maximum absolute atomic E-state index is 10.7. The lowest BCUT2D eigenvalue weighted by molar-refractivity contribution is -0.384. The number of hydrogen-bond acceptors (Lipinski definition) is 5. The molecule has 0 aliphatic heterocycles. The van der Waals surface area contributed by atoms with Crippen LogP contribution in [0.5, 0.6) is 5.75 Å². The zero-order valence-electron chi connectivity index (χ0n) is 12.5. The van der Waals surface area contributed by atoms with Gasteiger partial charge in [0.15, 0.2) is 0 Å². The van der Waals surface area contributed by atoms with Crippen LogP contribution in [-0.4, -0.2) is 17.7 Å². The Balaban J connectivity index is 1.92. The molecular weight excluding hydrogens is 423 g/mol. The number of oxime groups is 1. The van der Waals surface area contributed by atoms with E-state index >= 15 is 0 Å². The van der Waals surface area contributed by atoms with Crippen LogP contribution < -0.4 is 4.74 Å². The van der Waals surface area contributed by atoms with Crippen LogP contribution in [0.15, 0.2) is 47.6 Å². The predicted molar refractivity (Wildman–Crippen MR) is 99.0 cm³/mol. The van der Waals surface area contributed by atoms with Gasteiger partial charge in [-0.25, -0.2) is 0 Å². The molecule has 0 aliphatic carbocycles. The Morgan fingerprint density at radius 3 is 2.88 bits per heavy atom. The zero-order chi connectivity index (χ0) is 17.4. The van der Waals surface area contributed by atoms with Crippen molar-refractivity contribution < 1.29 is 14.5 Å². The first-order valence-corrected chi connectivity index (χ1v) is 7.92. The van der Waals surface area contributed by atoms with Gasteiger partial charge in [-0.05, 0) is 51.9 Å². The maximum atomic E-state index is 10.7. The fraction of sp³-hybridized carbons (Fsp3) is 0.118. The van der Waals surface area contributed by atoms with Crippen LogP contribution in [0.1, 0.15) is 11.1 Å². The van der Waals surface area contributed by atoms with Crippen molar-refractivity contribution in [3.63, 3.8) is 0 Å². The summed E-state index contributed by atoms with van der Waals surface area (Å²) in [6.45, 7) is 0.369. The molecule has 0 saturated carbocycles. The molecule has 6 nitrogen and oxygen atoms in total. The minimum Gasteiger partial charge on any atom is -0.480 e. The first-order valence-electron chi connectivity index (χ1n) is 6.84. The second-order valence-corrected chi connectivity index (χ2v) is 5.78. The summed E-state index contributed by atoms with van der Waals surface area (Å²) in [6, 6.07) is 11.7. The quantitative estimate of drug-likeness (QED) is 0.218. The SMILES string of the molecule is C#CCOc1ccc(/C=N\OCc2cccc([N+](=O)[O-])c2)cc1I. The summed E-state index contributed by atoms with van der Waals surface area (Å²) in [4.78, 5) is 15.4. The van der Waals surface area contributed by atoms with Gasteiger partial charge in [-0.2, -0.15) is 0 Å². The Morgan fingerprint density at radius 1 is 1.33 bits per heavy atom. The van der Waals surface area contributed by atoms with Gasteiger partial charge < -0.3 is 9.57 Å². The van der Waals surface area contributed by atoms with Crippen LogP contribution in [-0.2, 0) is 11.4 Å². The van der Waals surface area contributed by atoms with Gasteiger partial charge in [0.1, 0.15) is 19.0 Å². The second-order valence-electron chi connectivity index (χ2n) is 4.62. The average molecular weight is 436 g/mol. The van der Waals surface area contributed by atoms with E-state index in [-0.39, 0.29) is 18.9 Å². The highest BCUT2D eigenvalue weighted by Gasteiger charge is 2.05. The third-order valence-electron chi connectivity index (χ3n) is 2.90. The highest BCUT2D eigenvalue weighted by Crippen LogP contribution is 2.21. The molecule has 7 heteroatoms. The lowest BCUT2D eigenvalue weighted by Gasteiger charge is -2.05. The lowest BCUT2D eigenvalue weighted by atomic mass is 10.2. The highest BCUT2D eigenvalue weighted by atomic mass is 127. The summed E-state index contributed by atoms with van der Waals surface area (Å²) in [5.41, 5.74) is 1.54. The van der Waals surface area contributed by atoms with Crippen LogP contribution >= 0.6 is 22.6 Å². The molecule has 0 amide bonds. The van der Waals surface area contributed by atoms with Gasteiger partial charge in [-0.1, -0.05) is 23.2 Å². The standard InChI is InChI=1S/C17H13IN2O4/c1-2-8-23-17-7-6-13(10-16(17)18)11-19-24-12-14-4-3-5-15(9-14)20(21)22/h1,3-7,9-11H,8,12H2/b19-11-. The topological polar surface area (TPSA) is 74.0 Å². The van der Waals surface area contributed by atoms with E-state index in [1.54, 1.807) is 24.4 Å². The summed E-state index contributed by atoms with van der Waals surface area (Å²) in [6.07, 6.45) is 6.72. The Hall–Kier alpha value is -2.60. The number of rotatable bonds is 7. The number of benzene rings is 2. The number of hydrogen-bond donors (Lipinski definition) is 0. The third kappa shape index (κ3) is 5.24. The van der Waals surface area contributed by atoms with Crippen molar-refractivity contribution in [2.24, 2.45) is 5.16 Å². The van der Waals surface area contributed by atoms with Gasteiger partial charge in [0.05, 0.1) is 14.7 Å². The average Bonchev–Trinajstić information content (AvgIpc) is 2.58. The van der Waals surface area contributed by atoms with Gasteiger partial charge in [-0.15, -0.1) is 6.42 Å². The van der Waals surface area contributed by atoms with Crippen molar-refractivity contribution in [1.29, 1.82) is 0 Å². The van der Waals surface area contributed by atoms with E-state index in [4.69, 9.17) is 16.0 Å². The van der Waals surface area contributed by atoms with E-state index in [1.807, 2.05) is 12.1 Å². The van der Waals surface area contributed by atoms with E-state index in [2.05, 4.69) is 33.7 Å². The van der Waals surface area contributed by atoms with E-state index in [0.717, 1.165) is 9.13 Å². The lowest BCUT2D eigenvalue weighted by Crippen LogP contribution is -1.96. The maximum Gasteiger partial charge on any atom is 0.269 e. The molecule has 2 aromatic carbocycles. The fourth-order valence-electron chi connectivity index (χ4n) is 1.80. The second kappa shape index (κ2) is 8.88. The number of nitro benzene ring substituents is 1. The molecule has 2 aromatic rings. The Labute approximate surface area is 152 Å². The largest absolute Gasteiger partial charge is 0.480 e. The molecule has 122 valence electrons. The van der Waals surface area contributed by atoms with Gasteiger partial charge in [0.2, 0.25) is 0 Å². The van der Waals surface area contributed by atoms with Crippen molar-refractivity contribution in [2.45, 2.75) is 6.61 Å². The Bertz CT molecular complexity index is 799. The summed E-state index contributed by atoms with van der Waals surface area (Å²) in [5, 5.41) is 14.6. The first-order chi connectivity index (χ1) is 11.6. The normalized spacial score (nSPS) is 10.3. The minimum atomic E-state index is -0.446. The van der Waals surface area contributed by atoms with E-state index < -0.39 is 4.92 Å². The van der Waals surface area contributed by atoms with Gasteiger partial charge in [0, 0.05) is 12.1 Å². The van der Waals surface area contributed by atoms with Crippen LogP contribution in [0.3, 0.4) is 0 Å². The Kier molecular flexibility index (Phi) is 6.57. The van der Waals surface area contributed by atoms with E-state index in [0.29, 0.717) is 11.3 Å². The van der Waals surface area contributed by atoms with Crippen molar-refractivity contribution in [3.05, 3.63) is 67.3 Å². The summed E-state index contributed by atoms with van der Waals surface area (Å²) in [7, 11) is 0. The van der Waals surface area contributed by atoms with Crippen molar-refractivity contribution in [1.82, 2.24) is 0 Å². The number of terminal acetylenes is 1. The number of nitrogens with zero attached hydrogens (tertiary/aromatic N) is 2. The number of ether oxygens (including phenoxy) is 1. The molecule has 24 heavy (non-hydrogen) atoms. The van der Waals surface area contributed by atoms with Gasteiger partial charge in [-0.3, -0.25) is 10.1 Å². The summed E-state index contributed by atoms with van der Waals surface area (Å²) >= 11 is 2.15. The highest BCUT2D eigenvalue weighted by molar-refractivity contribution is 14.1. The first kappa shape index (κ1) is 17.7. The number of non-ortho nitro benzene ring substituents is 1. The molecule has 0 saturated heterocycles. The zero-order valence-corrected chi connectivity index (χ0v) is 14.7. The van der Waals surface area contributed by atoms with Gasteiger partial charge >= 0.3 is 0 Å². The molecular formula is C17H13IN2O4. The number of halogens is 1. The van der Waals surface area contributed by atoms with E-state index in [9.17, 15) is 10.1 Å². The molecule has 0 heterocycles. The molecule has 0 atom stereocenters. The molecule has 0 aliphatic rings. The third-order valence-corrected chi connectivity index (χ3v) is 3.74. The van der Waals surface area contributed by atoms with Crippen LogP contribution in [0.4, 0.5) is 5.69 Å². The van der Waals surface area contributed by atoms with Gasteiger partial charge in [0.25, 0.3) is 5.69 Å². The smallest absolute Gasteiger partial charge is 0.269 e. The molecule has 0 radical (unpaired) electrons. The number of nitro groups is 1. The van der Waals surface area contributed by atoms with Crippen LogP contribution in [0, 0.1) is 26.0 Å². The monoisotopic (exact) mass is 436 g/mol. The summed E-state index contributed by atoms with van der Waals surface area (Å²) < 4.78 is 6.29. The minimum absolute atomic E-state index is 0.0252. The molecule has 0 unspecified atom stereocenters. The van der Waals surface area contributed by atoms with Crippen LogP contribution in [0.25, 0.3) is 0 Å². The van der Waals surface area contributed by atoms with Crippen molar-refractivity contribution in [3.8, 4) is 18.1 Å². The molecule has 2 rings (SSSR count). The fourth-order valence-corrected chi connectivity index (χ4v) is 2.50. The Morgan fingerprint density at radius 2 is 2.17 bits per heavy atom. The predicted octanol–water partition coefficient (Wildman–Crippen LogP) is 3.76.